The van der Waals surface area contributed by atoms with E-state index in [1.165, 1.54) is 13.2 Å². The third kappa shape index (κ3) is 8.10. The summed E-state index contributed by atoms with van der Waals surface area (Å²) in [5, 5.41) is 6.68. The van der Waals surface area contributed by atoms with Gasteiger partial charge in [-0.05, 0) is 50.3 Å². The molecule has 9 heteroatoms. The van der Waals surface area contributed by atoms with E-state index in [9.17, 15) is 9.18 Å². The van der Waals surface area contributed by atoms with Crippen LogP contribution in [0, 0.1) is 5.82 Å². The maximum atomic E-state index is 13.9. The van der Waals surface area contributed by atoms with Crippen LogP contribution in [0.25, 0.3) is 0 Å². The van der Waals surface area contributed by atoms with Crippen LogP contribution < -0.4 is 10.6 Å². The molecule has 0 saturated carbocycles. The van der Waals surface area contributed by atoms with E-state index < -0.39 is 0 Å². The Kier molecular flexibility index (Phi) is 11.7. The minimum atomic E-state index is -0.269. The molecule has 158 valence electrons. The number of methoxy groups -OCH3 is 1. The number of nitrogens with one attached hydrogen (secondary N) is 2. The number of hydrogen-bond donors (Lipinski definition) is 2. The Bertz CT molecular complexity index is 655. The zero-order chi connectivity index (χ0) is 19.6. The number of halogens is 3. The molecule has 0 spiro atoms. The first-order valence-electron chi connectivity index (χ1n) is 9.35. The van der Waals surface area contributed by atoms with Gasteiger partial charge in [0, 0.05) is 36.7 Å². The maximum Gasteiger partial charge on any atom is 0.409 e. The molecule has 28 heavy (non-hydrogen) atoms. The standard InChI is InChI=1S/C19H28BrFN4O2.HI/c1-3-22-18(24-16-8-11-25(12-9-16)19(26)27-2)23-10-4-5-14-6-7-15(20)13-17(14)21;/h6-7,13,16H,3-5,8-12H2,1-2H3,(H2,22,23,24);1H. The fourth-order valence-corrected chi connectivity index (χ4v) is 3.37. The molecule has 1 saturated heterocycles. The molecule has 2 N–H and O–H groups in total. The Labute approximate surface area is 191 Å². The van der Waals surface area contributed by atoms with E-state index >= 15 is 0 Å². The SMILES string of the molecule is CCNC(=NCCCc1ccc(Br)cc1F)NC1CCN(C(=O)OC)CC1.I. The highest BCUT2D eigenvalue weighted by Crippen LogP contribution is 2.16. The molecule has 0 aromatic heterocycles. The lowest BCUT2D eigenvalue weighted by atomic mass is 10.1. The highest BCUT2D eigenvalue weighted by molar-refractivity contribution is 14.0. The average Bonchev–Trinajstić information content (AvgIpc) is 2.66. The summed E-state index contributed by atoms with van der Waals surface area (Å²) >= 11 is 3.27. The molecule has 1 aromatic carbocycles. The van der Waals surface area contributed by atoms with Crippen molar-refractivity contribution in [2.24, 2.45) is 4.99 Å². The molecule has 0 atom stereocenters. The molecule has 0 aliphatic carbocycles. The molecule has 0 unspecified atom stereocenters. The third-order valence-corrected chi connectivity index (χ3v) is 5.00. The number of amides is 1. The minimum Gasteiger partial charge on any atom is -0.453 e. The van der Waals surface area contributed by atoms with Crippen molar-refractivity contribution >= 4 is 52.0 Å². The number of aliphatic imine (C=N–C) groups is 1. The number of aryl methyl sites for hydroxylation is 1. The number of guanidine groups is 1. The summed E-state index contributed by atoms with van der Waals surface area (Å²) in [5.74, 6) is 0.584. The van der Waals surface area contributed by atoms with Crippen LogP contribution in [0.3, 0.4) is 0 Å². The van der Waals surface area contributed by atoms with Crippen LogP contribution in [0.1, 0.15) is 31.7 Å². The molecular weight excluding hydrogens is 542 g/mol. The zero-order valence-corrected chi connectivity index (χ0v) is 20.3. The minimum absolute atomic E-state index is 0. The van der Waals surface area contributed by atoms with Gasteiger partial charge >= 0.3 is 6.09 Å². The van der Waals surface area contributed by atoms with E-state index in [-0.39, 0.29) is 41.9 Å². The highest BCUT2D eigenvalue weighted by atomic mass is 127. The second-order valence-corrected chi connectivity index (χ2v) is 7.39. The van der Waals surface area contributed by atoms with Gasteiger partial charge in [-0.15, -0.1) is 24.0 Å². The summed E-state index contributed by atoms with van der Waals surface area (Å²) in [4.78, 5) is 17.9. The van der Waals surface area contributed by atoms with Crippen molar-refractivity contribution in [1.82, 2.24) is 15.5 Å². The van der Waals surface area contributed by atoms with Gasteiger partial charge in [-0.1, -0.05) is 22.0 Å². The first-order valence-corrected chi connectivity index (χ1v) is 10.1. The van der Waals surface area contributed by atoms with Gasteiger partial charge in [-0.25, -0.2) is 9.18 Å². The van der Waals surface area contributed by atoms with Crippen molar-refractivity contribution in [3.63, 3.8) is 0 Å². The zero-order valence-electron chi connectivity index (χ0n) is 16.3. The van der Waals surface area contributed by atoms with Crippen molar-refractivity contribution in [1.29, 1.82) is 0 Å². The molecule has 1 heterocycles. The lowest BCUT2D eigenvalue weighted by Crippen LogP contribution is -2.49. The third-order valence-electron chi connectivity index (χ3n) is 4.50. The molecule has 1 aliphatic heterocycles. The number of benzene rings is 1. The number of hydrogen-bond acceptors (Lipinski definition) is 3. The predicted molar refractivity (Wildman–Crippen MR) is 124 cm³/mol. The van der Waals surface area contributed by atoms with Gasteiger partial charge in [0.1, 0.15) is 5.82 Å². The van der Waals surface area contributed by atoms with Crippen LogP contribution in [0.15, 0.2) is 27.7 Å². The fourth-order valence-electron chi connectivity index (χ4n) is 3.03. The number of likely N-dealkylation sites (tertiary alicyclic amines) is 1. The number of piperidine rings is 1. The summed E-state index contributed by atoms with van der Waals surface area (Å²) in [7, 11) is 1.41. The quantitative estimate of drug-likeness (QED) is 0.235. The van der Waals surface area contributed by atoms with Crippen molar-refractivity contribution < 1.29 is 13.9 Å². The van der Waals surface area contributed by atoms with Gasteiger partial charge in [0.2, 0.25) is 0 Å². The van der Waals surface area contributed by atoms with E-state index in [1.54, 1.807) is 4.90 Å². The summed E-state index contributed by atoms with van der Waals surface area (Å²) in [6.45, 7) is 4.76. The van der Waals surface area contributed by atoms with Crippen molar-refractivity contribution in [3.05, 3.63) is 34.1 Å². The Hall–Kier alpha value is -1.10. The normalized spacial score (nSPS) is 15.0. The molecule has 1 aromatic rings. The van der Waals surface area contributed by atoms with Crippen LogP contribution in [0.5, 0.6) is 0 Å². The van der Waals surface area contributed by atoms with Gasteiger partial charge < -0.3 is 20.3 Å². The van der Waals surface area contributed by atoms with Gasteiger partial charge in [0.15, 0.2) is 5.96 Å². The average molecular weight is 571 g/mol. The molecule has 0 bridgehead atoms. The topological polar surface area (TPSA) is 66.0 Å². The summed E-state index contributed by atoms with van der Waals surface area (Å²) in [6.07, 6.45) is 2.86. The lowest BCUT2D eigenvalue weighted by Gasteiger charge is -2.32. The Morgan fingerprint density at radius 3 is 2.71 bits per heavy atom. The molecule has 2 rings (SSSR count). The number of nitrogens with zero attached hydrogens (tertiary/aromatic N) is 2. The molecular formula is C19H29BrFIN4O2. The van der Waals surface area contributed by atoms with Crippen molar-refractivity contribution in [3.8, 4) is 0 Å². The Morgan fingerprint density at radius 2 is 2.11 bits per heavy atom. The summed E-state index contributed by atoms with van der Waals surface area (Å²) < 4.78 is 19.4. The van der Waals surface area contributed by atoms with E-state index in [2.05, 4.69) is 31.6 Å². The van der Waals surface area contributed by atoms with E-state index in [4.69, 9.17) is 4.74 Å². The van der Waals surface area contributed by atoms with Crippen LogP contribution in [-0.4, -0.2) is 56.3 Å². The molecule has 1 fully saturated rings. The first-order chi connectivity index (χ1) is 13.0. The smallest absolute Gasteiger partial charge is 0.409 e. The second-order valence-electron chi connectivity index (χ2n) is 6.48. The fraction of sp³-hybridized carbons (Fsp3) is 0.579. The van der Waals surface area contributed by atoms with Crippen molar-refractivity contribution in [2.45, 2.75) is 38.6 Å². The second kappa shape index (κ2) is 13.2. The first kappa shape index (κ1) is 24.9. The molecule has 1 amide bonds. The van der Waals surface area contributed by atoms with Gasteiger partial charge in [-0.2, -0.15) is 0 Å². The van der Waals surface area contributed by atoms with Crippen LogP contribution in [-0.2, 0) is 11.2 Å². The van der Waals surface area contributed by atoms with Crippen LogP contribution in [0.2, 0.25) is 0 Å². The maximum absolute atomic E-state index is 13.9. The highest BCUT2D eigenvalue weighted by Gasteiger charge is 2.23. The molecule has 6 nitrogen and oxygen atoms in total. The summed E-state index contributed by atoms with van der Waals surface area (Å²) in [5.41, 5.74) is 0.710. The van der Waals surface area contributed by atoms with E-state index in [0.717, 1.165) is 36.2 Å². The van der Waals surface area contributed by atoms with Gasteiger partial charge in [0.05, 0.1) is 7.11 Å². The predicted octanol–water partition coefficient (Wildman–Crippen LogP) is 3.92. The van der Waals surface area contributed by atoms with Crippen LogP contribution >= 0.6 is 39.9 Å². The number of carbonyl (C=O) groups is 1. The van der Waals surface area contributed by atoms with Crippen LogP contribution in [0.4, 0.5) is 9.18 Å². The monoisotopic (exact) mass is 570 g/mol. The van der Waals surface area contributed by atoms with Gasteiger partial charge in [-0.3, -0.25) is 4.99 Å². The molecule has 1 aliphatic rings. The number of ether oxygens (including phenoxy) is 1. The van der Waals surface area contributed by atoms with Gasteiger partial charge in [0.25, 0.3) is 0 Å². The number of carbonyl (C=O) groups excluding carboxylic acids is 1. The van der Waals surface area contributed by atoms with Crippen molar-refractivity contribution in [2.75, 3.05) is 33.3 Å². The Balaban J connectivity index is 0.00000392. The Morgan fingerprint density at radius 1 is 1.39 bits per heavy atom. The van der Waals surface area contributed by atoms with E-state index in [1.807, 2.05) is 19.1 Å². The lowest BCUT2D eigenvalue weighted by molar-refractivity contribution is 0.111. The number of rotatable bonds is 6. The summed E-state index contributed by atoms with van der Waals surface area (Å²) in [6, 6.07) is 5.42. The molecule has 0 radical (unpaired) electrons. The van der Waals surface area contributed by atoms with E-state index in [0.29, 0.717) is 31.6 Å². The largest absolute Gasteiger partial charge is 0.453 e.